The van der Waals surface area contributed by atoms with Gasteiger partial charge in [-0.25, -0.2) is 0 Å². The molecule has 1 aliphatic heterocycles. The maximum atomic E-state index is 5.98. The number of halogens is 1. The molecule has 3 nitrogen and oxygen atoms in total. The van der Waals surface area contributed by atoms with E-state index in [2.05, 4.69) is 22.3 Å². The van der Waals surface area contributed by atoms with Crippen LogP contribution in [0.2, 0.25) is 5.02 Å². The van der Waals surface area contributed by atoms with Crippen LogP contribution in [0.15, 0.2) is 48.5 Å². The van der Waals surface area contributed by atoms with E-state index in [4.69, 9.17) is 28.6 Å². The molecule has 1 fully saturated rings. The Morgan fingerprint density at radius 2 is 2.09 bits per heavy atom. The van der Waals surface area contributed by atoms with Crippen molar-refractivity contribution in [2.45, 2.75) is 5.37 Å². The molecule has 2 aromatic rings. The molecule has 0 aromatic heterocycles. The first kappa shape index (κ1) is 16.4. The number of ether oxygens (including phenoxy) is 1. The van der Waals surface area contributed by atoms with E-state index in [0.717, 1.165) is 33.9 Å². The standard InChI is InChI=1S/C17H17ClN2OS2/c1-21-15-4-2-3-14(11-15)19-17(22)20-9-10-23-16(20)12-5-7-13(18)8-6-12/h2-8,11,16H,9-10H2,1H3,(H,19,22)/t16-/m1/s1. The fourth-order valence-corrected chi connectivity index (χ4v) is 4.25. The minimum absolute atomic E-state index is 0.220. The molecule has 6 heteroatoms. The fraction of sp³-hybridized carbons (Fsp3) is 0.235. The zero-order valence-corrected chi connectivity index (χ0v) is 15.0. The predicted molar refractivity (Wildman–Crippen MR) is 103 cm³/mol. The highest BCUT2D eigenvalue weighted by atomic mass is 35.5. The van der Waals surface area contributed by atoms with Crippen LogP contribution in [0.4, 0.5) is 5.69 Å². The van der Waals surface area contributed by atoms with Crippen molar-refractivity contribution in [3.63, 3.8) is 0 Å². The highest BCUT2D eigenvalue weighted by molar-refractivity contribution is 7.99. The molecule has 1 atom stereocenters. The van der Waals surface area contributed by atoms with Gasteiger partial charge in [-0.1, -0.05) is 29.8 Å². The van der Waals surface area contributed by atoms with Gasteiger partial charge in [0.05, 0.1) is 7.11 Å². The van der Waals surface area contributed by atoms with Crippen LogP contribution in [0.25, 0.3) is 0 Å². The van der Waals surface area contributed by atoms with E-state index in [-0.39, 0.29) is 5.37 Å². The number of thioether (sulfide) groups is 1. The molecule has 120 valence electrons. The first-order valence-electron chi connectivity index (χ1n) is 7.26. The molecule has 1 N–H and O–H groups in total. The van der Waals surface area contributed by atoms with Gasteiger partial charge in [-0.3, -0.25) is 0 Å². The van der Waals surface area contributed by atoms with Crippen molar-refractivity contribution in [3.05, 3.63) is 59.1 Å². The van der Waals surface area contributed by atoms with Crippen LogP contribution in [-0.2, 0) is 0 Å². The molecule has 3 rings (SSSR count). The van der Waals surface area contributed by atoms with Gasteiger partial charge < -0.3 is 15.0 Å². The van der Waals surface area contributed by atoms with Crippen LogP contribution in [0.5, 0.6) is 5.75 Å². The number of hydrogen-bond acceptors (Lipinski definition) is 3. The predicted octanol–water partition coefficient (Wildman–Crippen LogP) is 4.79. The monoisotopic (exact) mass is 364 g/mol. The number of benzene rings is 2. The first-order valence-corrected chi connectivity index (χ1v) is 9.09. The third-order valence-electron chi connectivity index (χ3n) is 3.63. The summed E-state index contributed by atoms with van der Waals surface area (Å²) >= 11 is 13.5. The SMILES string of the molecule is COc1cccc(NC(=S)N2CCS[C@@H]2c2ccc(Cl)cc2)c1. The second-order valence-electron chi connectivity index (χ2n) is 5.13. The van der Waals surface area contributed by atoms with Crippen molar-refractivity contribution in [3.8, 4) is 5.75 Å². The van der Waals surface area contributed by atoms with Gasteiger partial charge in [-0.05, 0) is 42.0 Å². The van der Waals surface area contributed by atoms with Crippen LogP contribution in [-0.4, -0.2) is 29.4 Å². The molecular formula is C17H17ClN2OS2. The summed E-state index contributed by atoms with van der Waals surface area (Å²) in [5, 5.41) is 5.00. The number of rotatable bonds is 3. The maximum Gasteiger partial charge on any atom is 0.174 e. The third kappa shape index (κ3) is 3.91. The van der Waals surface area contributed by atoms with Crippen molar-refractivity contribution < 1.29 is 4.74 Å². The van der Waals surface area contributed by atoms with Crippen LogP contribution >= 0.6 is 35.6 Å². The van der Waals surface area contributed by atoms with Gasteiger partial charge in [0.25, 0.3) is 0 Å². The lowest BCUT2D eigenvalue weighted by atomic mass is 10.2. The molecule has 23 heavy (non-hydrogen) atoms. The summed E-state index contributed by atoms with van der Waals surface area (Å²) in [6.45, 7) is 0.924. The quantitative estimate of drug-likeness (QED) is 0.789. The van der Waals surface area contributed by atoms with Gasteiger partial charge >= 0.3 is 0 Å². The van der Waals surface area contributed by atoms with Crippen molar-refractivity contribution in [1.29, 1.82) is 0 Å². The fourth-order valence-electron chi connectivity index (χ4n) is 2.48. The van der Waals surface area contributed by atoms with Gasteiger partial charge in [0.2, 0.25) is 0 Å². The Hall–Kier alpha value is -1.43. The highest BCUT2D eigenvalue weighted by Gasteiger charge is 2.28. The Bertz CT molecular complexity index is 693. The molecule has 2 aromatic carbocycles. The Morgan fingerprint density at radius 3 is 2.83 bits per heavy atom. The van der Waals surface area contributed by atoms with E-state index < -0.39 is 0 Å². The summed E-state index contributed by atoms with van der Waals surface area (Å²) in [7, 11) is 1.66. The summed E-state index contributed by atoms with van der Waals surface area (Å²) in [6, 6.07) is 15.7. The van der Waals surface area contributed by atoms with Gasteiger partial charge in [-0.15, -0.1) is 11.8 Å². The lowest BCUT2D eigenvalue weighted by Gasteiger charge is -2.27. The van der Waals surface area contributed by atoms with Crippen molar-refractivity contribution in [2.24, 2.45) is 0 Å². The summed E-state index contributed by atoms with van der Waals surface area (Å²) in [4.78, 5) is 2.21. The number of anilines is 1. The minimum atomic E-state index is 0.220. The average Bonchev–Trinajstić information content (AvgIpc) is 3.05. The van der Waals surface area contributed by atoms with Crippen LogP contribution in [0.3, 0.4) is 0 Å². The molecule has 0 saturated carbocycles. The van der Waals surface area contributed by atoms with E-state index in [1.165, 1.54) is 5.56 Å². The van der Waals surface area contributed by atoms with Gasteiger partial charge in [0.15, 0.2) is 5.11 Å². The third-order valence-corrected chi connectivity index (χ3v) is 5.48. The highest BCUT2D eigenvalue weighted by Crippen LogP contribution is 2.38. The van der Waals surface area contributed by atoms with E-state index in [1.54, 1.807) is 7.11 Å². The molecule has 0 spiro atoms. The minimum Gasteiger partial charge on any atom is -0.497 e. The molecule has 0 bridgehead atoms. The lowest BCUT2D eigenvalue weighted by molar-refractivity contribution is 0.415. The van der Waals surface area contributed by atoms with Gasteiger partial charge in [0.1, 0.15) is 11.1 Å². The number of nitrogens with one attached hydrogen (secondary N) is 1. The zero-order chi connectivity index (χ0) is 16.2. The largest absolute Gasteiger partial charge is 0.497 e. The zero-order valence-electron chi connectivity index (χ0n) is 12.7. The van der Waals surface area contributed by atoms with Crippen LogP contribution in [0.1, 0.15) is 10.9 Å². The molecule has 0 radical (unpaired) electrons. The second kappa shape index (κ2) is 7.43. The molecular weight excluding hydrogens is 348 g/mol. The molecule has 1 aliphatic rings. The van der Waals surface area contributed by atoms with Crippen molar-refractivity contribution >= 4 is 46.4 Å². The second-order valence-corrected chi connectivity index (χ2v) is 7.14. The Morgan fingerprint density at radius 1 is 1.30 bits per heavy atom. The Balaban J connectivity index is 1.74. The first-order chi connectivity index (χ1) is 11.2. The molecule has 1 heterocycles. The molecule has 0 aliphatic carbocycles. The van der Waals surface area contributed by atoms with Crippen molar-refractivity contribution in [2.75, 3.05) is 24.7 Å². The average molecular weight is 365 g/mol. The van der Waals surface area contributed by atoms with Crippen LogP contribution in [0, 0.1) is 0 Å². The number of nitrogens with zero attached hydrogens (tertiary/aromatic N) is 1. The number of hydrogen-bond donors (Lipinski definition) is 1. The summed E-state index contributed by atoms with van der Waals surface area (Å²) in [6.07, 6.45) is 0. The van der Waals surface area contributed by atoms with E-state index in [9.17, 15) is 0 Å². The molecule has 1 saturated heterocycles. The molecule has 0 amide bonds. The van der Waals surface area contributed by atoms with E-state index in [0.29, 0.717) is 0 Å². The van der Waals surface area contributed by atoms with Crippen molar-refractivity contribution in [1.82, 2.24) is 4.90 Å². The molecule has 0 unspecified atom stereocenters. The van der Waals surface area contributed by atoms with Gasteiger partial charge in [-0.2, -0.15) is 0 Å². The summed E-state index contributed by atoms with van der Waals surface area (Å²) in [5.74, 6) is 1.86. The Kier molecular flexibility index (Phi) is 5.30. The smallest absolute Gasteiger partial charge is 0.174 e. The van der Waals surface area contributed by atoms with E-state index >= 15 is 0 Å². The summed E-state index contributed by atoms with van der Waals surface area (Å²) in [5.41, 5.74) is 2.15. The normalized spacial score (nSPS) is 17.1. The Labute approximate surface area is 151 Å². The maximum absolute atomic E-state index is 5.98. The summed E-state index contributed by atoms with van der Waals surface area (Å²) < 4.78 is 5.25. The topological polar surface area (TPSA) is 24.5 Å². The lowest BCUT2D eigenvalue weighted by Crippen LogP contribution is -2.34. The van der Waals surface area contributed by atoms with Gasteiger partial charge in [0, 0.05) is 29.1 Å². The van der Waals surface area contributed by atoms with E-state index in [1.807, 2.05) is 48.2 Å². The number of thiocarbonyl (C=S) groups is 1. The number of methoxy groups -OCH3 is 1. The van der Waals surface area contributed by atoms with Crippen LogP contribution < -0.4 is 10.1 Å².